The summed E-state index contributed by atoms with van der Waals surface area (Å²) in [7, 11) is 0. The van der Waals surface area contributed by atoms with Gasteiger partial charge in [-0.2, -0.15) is 0 Å². The third kappa shape index (κ3) is 3.12. The number of aromatic nitrogens is 2. The molecule has 1 fully saturated rings. The number of aryl methyl sites for hydroxylation is 1. The molecule has 1 N–H and O–H groups in total. The lowest BCUT2D eigenvalue weighted by Gasteiger charge is -2.22. The van der Waals surface area contributed by atoms with E-state index < -0.39 is 0 Å². The summed E-state index contributed by atoms with van der Waals surface area (Å²) < 4.78 is 6.57. The number of rotatable bonds is 4. The molecule has 100 valence electrons. The molecule has 18 heavy (non-hydrogen) atoms. The summed E-state index contributed by atoms with van der Waals surface area (Å²) in [6, 6.07) is 0. The maximum Gasteiger partial charge on any atom is 0.143 e. The number of nitrogens with zero attached hydrogens (tertiary/aromatic N) is 2. The highest BCUT2D eigenvalue weighted by Crippen LogP contribution is 2.28. The van der Waals surface area contributed by atoms with E-state index in [-0.39, 0.29) is 0 Å². The highest BCUT2D eigenvalue weighted by atomic mass is 127. The van der Waals surface area contributed by atoms with Gasteiger partial charge in [-0.05, 0) is 48.8 Å². The Labute approximate surface area is 122 Å². The first-order valence-electron chi connectivity index (χ1n) is 6.64. The first-order valence-corrected chi connectivity index (χ1v) is 7.72. The Bertz CT molecular complexity index is 405. The Morgan fingerprint density at radius 2 is 2.00 bits per heavy atom. The van der Waals surface area contributed by atoms with Crippen LogP contribution in [0.1, 0.15) is 44.1 Å². The van der Waals surface area contributed by atoms with Gasteiger partial charge in [-0.1, -0.05) is 6.92 Å². The first-order chi connectivity index (χ1) is 8.76. The van der Waals surface area contributed by atoms with Gasteiger partial charge in [-0.25, -0.2) is 9.97 Å². The molecule has 0 bridgehead atoms. The molecule has 0 atom stereocenters. The summed E-state index contributed by atoms with van der Waals surface area (Å²) in [4.78, 5) is 9.45. The average molecular weight is 361 g/mol. The van der Waals surface area contributed by atoms with Crippen molar-refractivity contribution >= 4 is 28.4 Å². The van der Waals surface area contributed by atoms with E-state index in [0.29, 0.717) is 5.92 Å². The molecule has 2 rings (SSSR count). The fraction of sp³-hybridized carbons (Fsp3) is 0.692. The molecule has 0 amide bonds. The summed E-state index contributed by atoms with van der Waals surface area (Å²) in [5.41, 5.74) is 1.16. The van der Waals surface area contributed by atoms with Crippen molar-refractivity contribution in [1.82, 2.24) is 9.97 Å². The van der Waals surface area contributed by atoms with Crippen molar-refractivity contribution in [3.05, 3.63) is 15.1 Å². The lowest BCUT2D eigenvalue weighted by Crippen LogP contribution is -2.18. The molecule has 1 saturated heterocycles. The zero-order valence-electron chi connectivity index (χ0n) is 11.0. The molecule has 1 aliphatic rings. The van der Waals surface area contributed by atoms with Gasteiger partial charge in [-0.3, -0.25) is 0 Å². The molecular formula is C13H20IN3O. The average Bonchev–Trinajstić information content (AvgIpc) is 2.42. The van der Waals surface area contributed by atoms with E-state index in [1.54, 1.807) is 0 Å². The van der Waals surface area contributed by atoms with E-state index in [2.05, 4.69) is 41.8 Å². The van der Waals surface area contributed by atoms with E-state index in [1.807, 2.05) is 0 Å². The van der Waals surface area contributed by atoms with E-state index in [9.17, 15) is 0 Å². The maximum absolute atomic E-state index is 5.41. The molecule has 0 spiro atoms. The van der Waals surface area contributed by atoms with Gasteiger partial charge in [0.05, 0.1) is 9.26 Å². The monoisotopic (exact) mass is 361 g/mol. The van der Waals surface area contributed by atoms with Crippen LogP contribution in [0.15, 0.2) is 0 Å². The van der Waals surface area contributed by atoms with Crippen LogP contribution in [-0.2, 0) is 11.2 Å². The third-order valence-corrected chi connectivity index (χ3v) is 4.34. The van der Waals surface area contributed by atoms with Crippen LogP contribution in [0.4, 0.5) is 5.82 Å². The van der Waals surface area contributed by atoms with Crippen molar-refractivity contribution in [3.8, 4) is 0 Å². The molecule has 1 aliphatic heterocycles. The Hall–Kier alpha value is -0.430. The van der Waals surface area contributed by atoms with Crippen LogP contribution in [0.3, 0.4) is 0 Å². The van der Waals surface area contributed by atoms with Gasteiger partial charge in [-0.15, -0.1) is 0 Å². The van der Waals surface area contributed by atoms with Gasteiger partial charge in [0.1, 0.15) is 11.6 Å². The van der Waals surface area contributed by atoms with E-state index in [4.69, 9.17) is 14.7 Å². The highest BCUT2D eigenvalue weighted by molar-refractivity contribution is 14.1. The smallest absolute Gasteiger partial charge is 0.143 e. The number of nitrogens with one attached hydrogen (secondary N) is 1. The number of hydrogen-bond donors (Lipinski definition) is 1. The molecule has 1 aromatic heterocycles. The minimum Gasteiger partial charge on any atom is -0.381 e. The predicted molar refractivity (Wildman–Crippen MR) is 81.1 cm³/mol. The molecule has 2 heterocycles. The van der Waals surface area contributed by atoms with Crippen LogP contribution >= 0.6 is 22.6 Å². The second-order valence-corrected chi connectivity index (χ2v) is 5.54. The number of ether oxygens (including phenoxy) is 1. The van der Waals surface area contributed by atoms with Crippen molar-refractivity contribution in [3.63, 3.8) is 0 Å². The Kier molecular flexibility index (Phi) is 5.17. The second-order valence-electron chi connectivity index (χ2n) is 4.46. The van der Waals surface area contributed by atoms with Crippen molar-refractivity contribution in [2.45, 2.75) is 39.0 Å². The fourth-order valence-corrected chi connectivity index (χ4v) is 2.98. The first kappa shape index (κ1) is 14.0. The van der Waals surface area contributed by atoms with Gasteiger partial charge in [0.15, 0.2) is 0 Å². The Morgan fingerprint density at radius 1 is 1.28 bits per heavy atom. The summed E-state index contributed by atoms with van der Waals surface area (Å²) in [6.07, 6.45) is 3.03. The number of halogens is 1. The Balaban J connectivity index is 2.31. The standard InChI is InChI=1S/C13H20IN3O/c1-3-10-11(14)13(15-4-2)17-12(16-10)9-5-7-18-8-6-9/h9H,3-8H2,1-2H3,(H,15,16,17). The predicted octanol–water partition coefficient (Wildman–Crippen LogP) is 2.97. The minimum absolute atomic E-state index is 0.457. The van der Waals surface area contributed by atoms with Crippen LogP contribution in [0.5, 0.6) is 0 Å². The van der Waals surface area contributed by atoms with Gasteiger partial charge in [0, 0.05) is 25.7 Å². The lowest BCUT2D eigenvalue weighted by atomic mass is 9.99. The van der Waals surface area contributed by atoms with Crippen LogP contribution < -0.4 is 5.32 Å². The van der Waals surface area contributed by atoms with E-state index in [0.717, 1.165) is 59.9 Å². The van der Waals surface area contributed by atoms with Crippen LogP contribution in [0, 0.1) is 3.57 Å². The molecular weight excluding hydrogens is 341 g/mol. The summed E-state index contributed by atoms with van der Waals surface area (Å²) in [5, 5.41) is 3.34. The van der Waals surface area contributed by atoms with Gasteiger partial charge in [0.25, 0.3) is 0 Å². The zero-order valence-corrected chi connectivity index (χ0v) is 13.2. The van der Waals surface area contributed by atoms with Crippen LogP contribution in [0.2, 0.25) is 0 Å². The second kappa shape index (κ2) is 6.65. The molecule has 0 saturated carbocycles. The Morgan fingerprint density at radius 3 is 2.61 bits per heavy atom. The summed E-state index contributed by atoms with van der Waals surface area (Å²) in [5.74, 6) is 2.44. The molecule has 0 aromatic carbocycles. The molecule has 1 aromatic rings. The van der Waals surface area contributed by atoms with Crippen molar-refractivity contribution in [2.75, 3.05) is 25.1 Å². The third-order valence-electron chi connectivity index (χ3n) is 3.20. The normalized spacial score (nSPS) is 16.8. The SMILES string of the molecule is CCNc1nc(C2CCOCC2)nc(CC)c1I. The van der Waals surface area contributed by atoms with Gasteiger partial charge < -0.3 is 10.1 Å². The zero-order chi connectivity index (χ0) is 13.0. The van der Waals surface area contributed by atoms with Crippen LogP contribution in [-0.4, -0.2) is 29.7 Å². The quantitative estimate of drug-likeness (QED) is 0.838. The van der Waals surface area contributed by atoms with Crippen molar-refractivity contribution < 1.29 is 4.74 Å². The van der Waals surface area contributed by atoms with Crippen molar-refractivity contribution in [2.24, 2.45) is 0 Å². The molecule has 4 nitrogen and oxygen atoms in total. The van der Waals surface area contributed by atoms with Gasteiger partial charge >= 0.3 is 0 Å². The lowest BCUT2D eigenvalue weighted by molar-refractivity contribution is 0.0835. The summed E-state index contributed by atoms with van der Waals surface area (Å²) in [6.45, 7) is 6.80. The molecule has 5 heteroatoms. The number of hydrogen-bond acceptors (Lipinski definition) is 4. The maximum atomic E-state index is 5.41. The molecule has 0 aliphatic carbocycles. The number of anilines is 1. The van der Waals surface area contributed by atoms with E-state index >= 15 is 0 Å². The molecule has 0 radical (unpaired) electrons. The largest absolute Gasteiger partial charge is 0.381 e. The van der Waals surface area contributed by atoms with Crippen LogP contribution in [0.25, 0.3) is 0 Å². The highest BCUT2D eigenvalue weighted by Gasteiger charge is 2.21. The van der Waals surface area contributed by atoms with Gasteiger partial charge in [0.2, 0.25) is 0 Å². The topological polar surface area (TPSA) is 47.0 Å². The van der Waals surface area contributed by atoms with E-state index in [1.165, 1.54) is 0 Å². The minimum atomic E-state index is 0.457. The van der Waals surface area contributed by atoms with Crippen molar-refractivity contribution in [1.29, 1.82) is 0 Å². The summed E-state index contributed by atoms with van der Waals surface area (Å²) >= 11 is 2.34. The fourth-order valence-electron chi connectivity index (χ4n) is 2.17. The molecule has 0 unspecified atom stereocenters.